The zero-order chi connectivity index (χ0) is 15.4. The summed E-state index contributed by atoms with van der Waals surface area (Å²) in [6.45, 7) is 8.72. The summed E-state index contributed by atoms with van der Waals surface area (Å²) in [4.78, 5) is 0. The third-order valence-corrected chi connectivity index (χ3v) is 3.27. The first-order chi connectivity index (χ1) is 9.95. The third-order valence-electron chi connectivity index (χ3n) is 3.27. The smallest absolute Gasteiger partial charge is 0.166 e. The van der Waals surface area contributed by atoms with Crippen molar-refractivity contribution in [2.24, 2.45) is 0 Å². The zero-order valence-corrected chi connectivity index (χ0v) is 13.0. The van der Waals surface area contributed by atoms with E-state index in [9.17, 15) is 4.39 Å². The number of rotatable bonds is 5. The highest BCUT2D eigenvalue weighted by Crippen LogP contribution is 2.28. The van der Waals surface area contributed by atoms with Crippen LogP contribution in [0.25, 0.3) is 0 Å². The van der Waals surface area contributed by atoms with Crippen LogP contribution in [0.3, 0.4) is 0 Å². The van der Waals surface area contributed by atoms with E-state index in [4.69, 9.17) is 4.74 Å². The van der Waals surface area contributed by atoms with Crippen molar-refractivity contribution in [3.63, 3.8) is 0 Å². The molecule has 0 bridgehead atoms. The van der Waals surface area contributed by atoms with Gasteiger partial charge in [0.05, 0.1) is 0 Å². The van der Waals surface area contributed by atoms with Crippen molar-refractivity contribution in [2.45, 2.75) is 40.3 Å². The first-order valence-electron chi connectivity index (χ1n) is 7.22. The maximum Gasteiger partial charge on any atom is 0.166 e. The van der Waals surface area contributed by atoms with Crippen molar-refractivity contribution >= 4 is 0 Å². The molecule has 0 amide bonds. The second-order valence-corrected chi connectivity index (χ2v) is 5.67. The van der Waals surface area contributed by atoms with Crippen LogP contribution in [0.4, 0.5) is 4.39 Å². The van der Waals surface area contributed by atoms with Crippen LogP contribution in [0.1, 0.15) is 30.5 Å². The van der Waals surface area contributed by atoms with Gasteiger partial charge < -0.3 is 10.1 Å². The minimum atomic E-state index is -0.334. The van der Waals surface area contributed by atoms with E-state index < -0.39 is 0 Å². The minimum absolute atomic E-state index is 0.261. The van der Waals surface area contributed by atoms with Crippen LogP contribution in [0.2, 0.25) is 0 Å². The lowest BCUT2D eigenvalue weighted by Crippen LogP contribution is -2.21. The quantitative estimate of drug-likeness (QED) is 0.858. The largest absolute Gasteiger partial charge is 0.454 e. The van der Waals surface area contributed by atoms with Crippen molar-refractivity contribution in [3.8, 4) is 11.5 Å². The topological polar surface area (TPSA) is 21.3 Å². The number of halogens is 1. The van der Waals surface area contributed by atoms with Gasteiger partial charge in [-0.15, -0.1) is 0 Å². The summed E-state index contributed by atoms with van der Waals surface area (Å²) in [6, 6.07) is 11.4. The normalized spacial score (nSPS) is 11.0. The number of hydrogen-bond donors (Lipinski definition) is 1. The Labute approximate surface area is 126 Å². The van der Waals surface area contributed by atoms with Gasteiger partial charge in [-0.25, -0.2) is 4.39 Å². The van der Waals surface area contributed by atoms with Gasteiger partial charge in [-0.2, -0.15) is 0 Å². The van der Waals surface area contributed by atoms with Gasteiger partial charge in [0.15, 0.2) is 11.6 Å². The lowest BCUT2D eigenvalue weighted by atomic mass is 10.1. The molecular formula is C18H22FNO. The monoisotopic (exact) mass is 287 g/mol. The maximum atomic E-state index is 14.1. The van der Waals surface area contributed by atoms with Gasteiger partial charge in [-0.3, -0.25) is 0 Å². The lowest BCUT2D eigenvalue weighted by Gasteiger charge is -2.12. The third kappa shape index (κ3) is 4.30. The molecule has 0 aliphatic rings. The highest BCUT2D eigenvalue weighted by molar-refractivity contribution is 5.40. The molecule has 0 aromatic heterocycles. The van der Waals surface area contributed by atoms with Gasteiger partial charge in [-0.05, 0) is 48.7 Å². The van der Waals surface area contributed by atoms with Crippen LogP contribution in [0.15, 0.2) is 36.4 Å². The molecule has 2 rings (SSSR count). The van der Waals surface area contributed by atoms with Gasteiger partial charge in [-0.1, -0.05) is 32.0 Å². The Balaban J connectivity index is 2.15. The van der Waals surface area contributed by atoms with Crippen LogP contribution in [-0.2, 0) is 6.54 Å². The Morgan fingerprint density at radius 3 is 2.48 bits per heavy atom. The van der Waals surface area contributed by atoms with Crippen LogP contribution >= 0.6 is 0 Å². The van der Waals surface area contributed by atoms with Gasteiger partial charge in [0.2, 0.25) is 0 Å². The fourth-order valence-electron chi connectivity index (χ4n) is 1.99. The van der Waals surface area contributed by atoms with Crippen molar-refractivity contribution in [1.29, 1.82) is 0 Å². The molecule has 0 aliphatic heterocycles. The summed E-state index contributed by atoms with van der Waals surface area (Å²) in [5, 5.41) is 3.27. The van der Waals surface area contributed by atoms with Gasteiger partial charge >= 0.3 is 0 Å². The Kier molecular flexibility index (Phi) is 4.97. The van der Waals surface area contributed by atoms with Gasteiger partial charge in [0.25, 0.3) is 0 Å². The second kappa shape index (κ2) is 6.72. The fourth-order valence-corrected chi connectivity index (χ4v) is 1.99. The molecule has 2 aromatic rings. The van der Waals surface area contributed by atoms with Crippen molar-refractivity contribution in [2.75, 3.05) is 0 Å². The van der Waals surface area contributed by atoms with Crippen LogP contribution in [0, 0.1) is 19.7 Å². The Bertz CT molecular complexity index is 623. The molecule has 0 atom stereocenters. The highest BCUT2D eigenvalue weighted by Gasteiger charge is 2.08. The minimum Gasteiger partial charge on any atom is -0.454 e. The van der Waals surface area contributed by atoms with Crippen LogP contribution in [-0.4, -0.2) is 6.04 Å². The van der Waals surface area contributed by atoms with Gasteiger partial charge in [0.1, 0.15) is 5.75 Å². The van der Waals surface area contributed by atoms with E-state index >= 15 is 0 Å². The molecule has 0 spiro atoms. The molecule has 112 valence electrons. The number of hydrogen-bond acceptors (Lipinski definition) is 2. The molecule has 0 radical (unpaired) electrons. The number of benzene rings is 2. The van der Waals surface area contributed by atoms with E-state index in [0.29, 0.717) is 18.3 Å². The molecular weight excluding hydrogens is 265 g/mol. The first-order valence-corrected chi connectivity index (χ1v) is 7.22. The summed E-state index contributed by atoms with van der Waals surface area (Å²) in [7, 11) is 0. The summed E-state index contributed by atoms with van der Waals surface area (Å²) in [6.07, 6.45) is 0. The van der Waals surface area contributed by atoms with E-state index in [1.807, 2.05) is 38.1 Å². The highest BCUT2D eigenvalue weighted by atomic mass is 19.1. The molecule has 0 heterocycles. The molecule has 2 aromatic carbocycles. The number of aryl methyl sites for hydroxylation is 2. The maximum absolute atomic E-state index is 14.1. The lowest BCUT2D eigenvalue weighted by molar-refractivity contribution is 0.438. The van der Waals surface area contributed by atoms with Crippen molar-refractivity contribution in [3.05, 3.63) is 58.9 Å². The molecule has 0 fully saturated rings. The molecule has 2 nitrogen and oxygen atoms in total. The number of ether oxygens (including phenoxy) is 1. The average molecular weight is 287 g/mol. The van der Waals surface area contributed by atoms with Crippen molar-refractivity contribution in [1.82, 2.24) is 5.32 Å². The molecule has 0 aliphatic carbocycles. The average Bonchev–Trinajstić information content (AvgIpc) is 2.43. The molecule has 0 saturated carbocycles. The molecule has 3 heteroatoms. The summed E-state index contributed by atoms with van der Waals surface area (Å²) in [5.74, 6) is 0.623. The number of nitrogens with one attached hydrogen (secondary N) is 1. The second-order valence-electron chi connectivity index (χ2n) is 5.67. The summed E-state index contributed by atoms with van der Waals surface area (Å²) in [5.41, 5.74) is 2.99. The Morgan fingerprint density at radius 1 is 1.05 bits per heavy atom. The Morgan fingerprint density at radius 2 is 1.81 bits per heavy atom. The predicted octanol–water partition coefficient (Wildman–Crippen LogP) is 4.73. The predicted molar refractivity (Wildman–Crippen MR) is 84.4 cm³/mol. The van der Waals surface area contributed by atoms with Crippen molar-refractivity contribution < 1.29 is 9.13 Å². The summed E-state index contributed by atoms with van der Waals surface area (Å²) >= 11 is 0. The van der Waals surface area contributed by atoms with E-state index in [-0.39, 0.29) is 11.6 Å². The van der Waals surface area contributed by atoms with Crippen LogP contribution < -0.4 is 10.1 Å². The molecule has 21 heavy (non-hydrogen) atoms. The molecule has 0 unspecified atom stereocenters. The summed E-state index contributed by atoms with van der Waals surface area (Å²) < 4.78 is 19.8. The molecule has 1 N–H and O–H groups in total. The first kappa shape index (κ1) is 15.5. The van der Waals surface area contributed by atoms with Gasteiger partial charge in [0, 0.05) is 12.6 Å². The standard InChI is InChI=1S/C18H22FNO/c1-12(2)20-11-15-7-8-17(16(19)10-15)21-18-9-13(3)5-6-14(18)4/h5-10,12,20H,11H2,1-4H3. The van der Waals surface area contributed by atoms with E-state index in [1.54, 1.807) is 6.07 Å². The van der Waals surface area contributed by atoms with E-state index in [0.717, 1.165) is 16.7 Å². The van der Waals surface area contributed by atoms with E-state index in [1.165, 1.54) is 6.07 Å². The van der Waals surface area contributed by atoms with Crippen LogP contribution in [0.5, 0.6) is 11.5 Å². The SMILES string of the molecule is Cc1ccc(C)c(Oc2ccc(CNC(C)C)cc2F)c1. The fraction of sp³-hybridized carbons (Fsp3) is 0.333. The zero-order valence-electron chi connectivity index (χ0n) is 13.0. The van der Waals surface area contributed by atoms with E-state index in [2.05, 4.69) is 19.2 Å². The Hall–Kier alpha value is -1.87. The molecule has 0 saturated heterocycles.